The Labute approximate surface area is 351 Å². The van der Waals surface area contributed by atoms with E-state index in [2.05, 4.69) is 38.2 Å². The van der Waals surface area contributed by atoms with Crippen LogP contribution in [0.15, 0.2) is 96.0 Å². The molecule has 0 saturated carbocycles. The van der Waals surface area contributed by atoms with Crippen molar-refractivity contribution in [2.75, 3.05) is 22.2 Å². The summed E-state index contributed by atoms with van der Waals surface area (Å²) in [6.45, 7) is 8.68. The number of aliphatic imine (C=N–C) groups is 1. The fraction of sp³-hybridized carbons (Fsp3) is 0.320. The Kier molecular flexibility index (Phi) is 10.2. The highest BCUT2D eigenvalue weighted by atomic mass is 16.5. The van der Waals surface area contributed by atoms with Gasteiger partial charge in [-0.2, -0.15) is 0 Å². The first-order chi connectivity index (χ1) is 28.9. The van der Waals surface area contributed by atoms with Crippen molar-refractivity contribution in [3.8, 4) is 17.2 Å². The summed E-state index contributed by atoms with van der Waals surface area (Å²) < 4.78 is 18.7. The zero-order valence-corrected chi connectivity index (χ0v) is 34.8. The Balaban J connectivity index is 0.958. The zero-order valence-electron chi connectivity index (χ0n) is 34.8. The summed E-state index contributed by atoms with van der Waals surface area (Å²) >= 11 is 0. The second-order valence-electron chi connectivity index (χ2n) is 17.6. The van der Waals surface area contributed by atoms with Gasteiger partial charge in [0.2, 0.25) is 5.91 Å². The maximum atomic E-state index is 14.0. The maximum Gasteiger partial charge on any atom is 0.261 e. The number of methoxy groups -OCH3 is 1. The number of hydrogen-bond donors (Lipinski definition) is 1. The monoisotopic (exact) mass is 802 g/mol. The van der Waals surface area contributed by atoms with Crippen molar-refractivity contribution >= 4 is 46.7 Å². The summed E-state index contributed by atoms with van der Waals surface area (Å²) in [5.41, 5.74) is 10.1. The number of benzene rings is 5. The predicted octanol–water partition coefficient (Wildman–Crippen LogP) is 9.73. The van der Waals surface area contributed by atoms with Gasteiger partial charge < -0.3 is 24.4 Å². The van der Waals surface area contributed by atoms with Gasteiger partial charge in [-0.3, -0.25) is 24.3 Å². The number of anilines is 3. The van der Waals surface area contributed by atoms with E-state index in [-0.39, 0.29) is 48.4 Å². The van der Waals surface area contributed by atoms with Crippen molar-refractivity contribution in [3.63, 3.8) is 0 Å². The molecule has 4 heterocycles. The van der Waals surface area contributed by atoms with Crippen molar-refractivity contribution in [2.24, 2.45) is 10.4 Å². The Morgan fingerprint density at radius 1 is 0.767 bits per heavy atom. The number of para-hydroxylation sites is 2. The van der Waals surface area contributed by atoms with E-state index >= 15 is 0 Å². The van der Waals surface area contributed by atoms with E-state index in [0.717, 1.165) is 71.3 Å². The Hall–Kier alpha value is -6.42. The highest BCUT2D eigenvalue weighted by molar-refractivity contribution is 6.14. The first-order valence-electron chi connectivity index (χ1n) is 20.8. The van der Waals surface area contributed by atoms with Gasteiger partial charge >= 0.3 is 0 Å². The third-order valence-electron chi connectivity index (χ3n) is 12.0. The number of rotatable bonds is 10. The second kappa shape index (κ2) is 15.6. The number of ether oxygens (including phenoxy) is 3. The average Bonchev–Trinajstić information content (AvgIpc) is 3.72. The molecule has 9 rings (SSSR count). The summed E-state index contributed by atoms with van der Waals surface area (Å²) in [6, 6.07) is 29.4. The maximum absolute atomic E-state index is 14.0. The standard InChI is InChI=1S/C50H50N4O6/c1-30-18-40-41(51-27-38-23-35-11-7-9-13-43(35)54(38)49(40)57)26-44(30)59-28-31-19-32(21-36(20-31)52-47(55)16-17-50(2,3)4)29-60-46-24-33-14-15-37-22-34-10-6-8-12-42(34)53(37)48(56)39(33)25-45(46)58-5/h6-13,18-21,24-27,37-38H,14-17,22-23,28-29H2,1-5H3,(H,52,55)/t37-,38+/m1/s1. The lowest BCUT2D eigenvalue weighted by molar-refractivity contribution is -0.116. The molecular weight excluding hydrogens is 753 g/mol. The summed E-state index contributed by atoms with van der Waals surface area (Å²) in [5, 5.41) is 3.11. The highest BCUT2D eigenvalue weighted by Gasteiger charge is 2.38. The summed E-state index contributed by atoms with van der Waals surface area (Å²) in [7, 11) is 1.58. The van der Waals surface area contributed by atoms with Crippen molar-refractivity contribution in [2.45, 2.75) is 91.5 Å². The van der Waals surface area contributed by atoms with E-state index in [1.807, 2.05) is 102 Å². The summed E-state index contributed by atoms with van der Waals surface area (Å²) in [4.78, 5) is 49.7. The molecule has 0 saturated heterocycles. The van der Waals surface area contributed by atoms with Gasteiger partial charge in [-0.1, -0.05) is 57.2 Å². The molecule has 306 valence electrons. The molecule has 2 atom stereocenters. The zero-order chi connectivity index (χ0) is 41.7. The molecule has 1 N–H and O–H groups in total. The molecule has 0 spiro atoms. The van der Waals surface area contributed by atoms with Gasteiger partial charge in [0.15, 0.2) is 11.5 Å². The number of aryl methyl sites for hydroxylation is 2. The van der Waals surface area contributed by atoms with Crippen molar-refractivity contribution in [3.05, 3.63) is 136 Å². The SMILES string of the molecule is COc1cc2c(cc1OCc1cc(COc3cc4c(cc3C)C(=O)N3c5ccccc5C[C@H]3C=N4)cc(NC(=O)CCC(C)(C)C)c1)CC[C@@H]1Cc3ccccc3N1C2=O. The van der Waals surface area contributed by atoms with Crippen LogP contribution in [0.3, 0.4) is 0 Å². The molecule has 4 aliphatic heterocycles. The van der Waals surface area contributed by atoms with Crippen LogP contribution in [0.1, 0.15) is 94.1 Å². The fourth-order valence-electron chi connectivity index (χ4n) is 8.93. The van der Waals surface area contributed by atoms with Gasteiger partial charge in [0.05, 0.1) is 24.4 Å². The van der Waals surface area contributed by atoms with Crippen LogP contribution in [-0.4, -0.2) is 43.1 Å². The normalized spacial score (nSPS) is 17.4. The number of carbonyl (C=O) groups is 3. The highest BCUT2D eigenvalue weighted by Crippen LogP contribution is 2.42. The number of carbonyl (C=O) groups excluding carboxylic acids is 3. The molecule has 3 amide bonds. The topological polar surface area (TPSA) is 110 Å². The van der Waals surface area contributed by atoms with Gasteiger partial charge in [0.1, 0.15) is 19.0 Å². The molecule has 0 radical (unpaired) electrons. The third kappa shape index (κ3) is 7.62. The van der Waals surface area contributed by atoms with Crippen LogP contribution < -0.4 is 29.3 Å². The molecule has 0 aliphatic carbocycles. The largest absolute Gasteiger partial charge is 0.493 e. The average molecular weight is 803 g/mol. The van der Waals surface area contributed by atoms with Crippen LogP contribution in [0.25, 0.3) is 0 Å². The lowest BCUT2D eigenvalue weighted by Crippen LogP contribution is -2.37. The first kappa shape index (κ1) is 39.1. The summed E-state index contributed by atoms with van der Waals surface area (Å²) in [6.07, 6.45) is 6.16. The van der Waals surface area contributed by atoms with Crippen LogP contribution in [-0.2, 0) is 37.3 Å². The van der Waals surface area contributed by atoms with Crippen molar-refractivity contribution in [1.29, 1.82) is 0 Å². The van der Waals surface area contributed by atoms with Gasteiger partial charge in [0, 0.05) is 53.8 Å². The molecular formula is C50H50N4O6. The van der Waals surface area contributed by atoms with E-state index in [4.69, 9.17) is 19.2 Å². The molecule has 4 aliphatic rings. The van der Waals surface area contributed by atoms with Gasteiger partial charge in [-0.25, -0.2) is 0 Å². The molecule has 0 fully saturated rings. The van der Waals surface area contributed by atoms with E-state index < -0.39 is 0 Å². The van der Waals surface area contributed by atoms with Crippen molar-refractivity contribution in [1.82, 2.24) is 0 Å². The number of fused-ring (bicyclic) bond motifs is 8. The predicted molar refractivity (Wildman–Crippen MR) is 235 cm³/mol. The number of nitrogens with one attached hydrogen (secondary N) is 1. The first-order valence-corrected chi connectivity index (χ1v) is 20.8. The Morgan fingerprint density at radius 2 is 1.43 bits per heavy atom. The summed E-state index contributed by atoms with van der Waals surface area (Å²) in [5.74, 6) is 1.48. The molecule has 0 bridgehead atoms. The fourth-order valence-corrected chi connectivity index (χ4v) is 8.93. The van der Waals surface area contributed by atoms with Gasteiger partial charge in [-0.05, 0) is 120 Å². The minimum atomic E-state index is -0.141. The third-order valence-corrected chi connectivity index (χ3v) is 12.0. The van der Waals surface area contributed by atoms with Crippen LogP contribution in [0.2, 0.25) is 0 Å². The van der Waals surface area contributed by atoms with Crippen LogP contribution in [0, 0.1) is 12.3 Å². The Bertz CT molecular complexity index is 2570. The van der Waals surface area contributed by atoms with Gasteiger partial charge in [0.25, 0.3) is 11.8 Å². The molecule has 60 heavy (non-hydrogen) atoms. The molecule has 0 aromatic heterocycles. The minimum absolute atomic E-state index is 0.0175. The molecule has 10 heteroatoms. The number of amides is 3. The van der Waals surface area contributed by atoms with E-state index in [1.54, 1.807) is 7.11 Å². The minimum Gasteiger partial charge on any atom is -0.493 e. The Morgan fingerprint density at radius 3 is 2.15 bits per heavy atom. The smallest absolute Gasteiger partial charge is 0.261 e. The molecule has 5 aromatic rings. The molecule has 5 aromatic carbocycles. The lowest BCUT2D eigenvalue weighted by atomic mass is 9.90. The second-order valence-corrected chi connectivity index (χ2v) is 17.6. The lowest BCUT2D eigenvalue weighted by Gasteiger charge is -2.23. The molecule has 10 nitrogen and oxygen atoms in total. The van der Waals surface area contributed by atoms with E-state index in [9.17, 15) is 14.4 Å². The van der Waals surface area contributed by atoms with E-state index in [1.165, 1.54) is 5.56 Å². The van der Waals surface area contributed by atoms with Crippen LogP contribution in [0.5, 0.6) is 17.2 Å². The van der Waals surface area contributed by atoms with Crippen LogP contribution in [0.4, 0.5) is 22.7 Å². The van der Waals surface area contributed by atoms with Crippen LogP contribution >= 0.6 is 0 Å². The number of hydrogen-bond acceptors (Lipinski definition) is 7. The quantitative estimate of drug-likeness (QED) is 0.151. The number of nitrogens with zero attached hydrogens (tertiary/aromatic N) is 3. The van der Waals surface area contributed by atoms with E-state index in [0.29, 0.717) is 46.2 Å². The van der Waals surface area contributed by atoms with Gasteiger partial charge in [-0.15, -0.1) is 0 Å². The molecule has 0 unspecified atom stereocenters. The van der Waals surface area contributed by atoms with Crippen molar-refractivity contribution < 1.29 is 28.6 Å².